The first-order valence-corrected chi connectivity index (χ1v) is 6.78. The van der Waals surface area contributed by atoms with Crippen LogP contribution in [0.1, 0.15) is 12.0 Å². The SMILES string of the molecule is C=CC1=C(C=C)N(c2ccc(C(F)(F)F)cc2)CC(C=O)C1. The highest BCUT2D eigenvalue weighted by atomic mass is 19.4. The van der Waals surface area contributed by atoms with Crippen molar-refractivity contribution in [3.8, 4) is 0 Å². The summed E-state index contributed by atoms with van der Waals surface area (Å²) in [6.07, 6.45) is 0.348. The second-order valence-electron chi connectivity index (χ2n) is 5.07. The molecule has 0 saturated heterocycles. The molecule has 22 heavy (non-hydrogen) atoms. The van der Waals surface area contributed by atoms with Crippen LogP contribution in [-0.2, 0) is 11.0 Å². The van der Waals surface area contributed by atoms with Gasteiger partial charge in [0.1, 0.15) is 6.29 Å². The number of allylic oxidation sites excluding steroid dienone is 3. The number of carbonyl (C=O) groups excluding carboxylic acids is 1. The number of anilines is 1. The molecular weight excluding hydrogens is 291 g/mol. The molecule has 0 saturated carbocycles. The van der Waals surface area contributed by atoms with Crippen molar-refractivity contribution in [2.75, 3.05) is 11.4 Å². The molecule has 0 amide bonds. The Balaban J connectivity index is 2.42. The van der Waals surface area contributed by atoms with Gasteiger partial charge in [-0.05, 0) is 42.3 Å². The van der Waals surface area contributed by atoms with E-state index < -0.39 is 11.7 Å². The van der Waals surface area contributed by atoms with E-state index in [-0.39, 0.29) is 5.92 Å². The van der Waals surface area contributed by atoms with E-state index in [0.29, 0.717) is 18.7 Å². The van der Waals surface area contributed by atoms with Gasteiger partial charge in [-0.1, -0.05) is 19.2 Å². The summed E-state index contributed by atoms with van der Waals surface area (Å²) in [5, 5.41) is 0. The van der Waals surface area contributed by atoms with Crippen LogP contribution in [0.5, 0.6) is 0 Å². The molecule has 1 aliphatic heterocycles. The summed E-state index contributed by atoms with van der Waals surface area (Å²) < 4.78 is 37.9. The van der Waals surface area contributed by atoms with Crippen LogP contribution >= 0.6 is 0 Å². The first-order valence-electron chi connectivity index (χ1n) is 6.78. The van der Waals surface area contributed by atoms with E-state index in [9.17, 15) is 18.0 Å². The minimum atomic E-state index is -4.37. The first kappa shape index (κ1) is 16.1. The zero-order chi connectivity index (χ0) is 16.3. The van der Waals surface area contributed by atoms with Crippen molar-refractivity contribution < 1.29 is 18.0 Å². The molecule has 1 aromatic carbocycles. The normalized spacial score (nSPS) is 19.0. The molecule has 0 radical (unpaired) electrons. The van der Waals surface area contributed by atoms with E-state index in [1.807, 2.05) is 0 Å². The van der Waals surface area contributed by atoms with Crippen molar-refractivity contribution in [3.63, 3.8) is 0 Å². The van der Waals surface area contributed by atoms with E-state index in [2.05, 4.69) is 13.2 Å². The van der Waals surface area contributed by atoms with Crippen LogP contribution in [0.15, 0.2) is 60.8 Å². The third kappa shape index (κ3) is 3.13. The summed E-state index contributed by atoms with van der Waals surface area (Å²) in [5.41, 5.74) is 1.52. The van der Waals surface area contributed by atoms with E-state index in [1.54, 1.807) is 17.1 Å². The predicted molar refractivity (Wildman–Crippen MR) is 80.4 cm³/mol. The molecule has 1 aromatic rings. The predicted octanol–water partition coefficient (Wildman–Crippen LogP) is 4.36. The fourth-order valence-corrected chi connectivity index (χ4v) is 2.55. The molecule has 0 spiro atoms. The summed E-state index contributed by atoms with van der Waals surface area (Å²) in [7, 11) is 0. The molecular formula is C17H16F3NO. The van der Waals surface area contributed by atoms with Gasteiger partial charge in [0.2, 0.25) is 0 Å². The van der Waals surface area contributed by atoms with Crippen molar-refractivity contribution in [2.45, 2.75) is 12.6 Å². The Kier molecular flexibility index (Phi) is 4.54. The number of alkyl halides is 3. The van der Waals surface area contributed by atoms with Crippen LogP contribution in [0.2, 0.25) is 0 Å². The Hall–Kier alpha value is -2.30. The Morgan fingerprint density at radius 2 is 1.77 bits per heavy atom. The third-order valence-electron chi connectivity index (χ3n) is 3.66. The summed E-state index contributed by atoms with van der Waals surface area (Å²) in [6, 6.07) is 4.88. The van der Waals surface area contributed by atoms with Crippen molar-refractivity contribution in [3.05, 3.63) is 66.4 Å². The highest BCUT2D eigenvalue weighted by Gasteiger charge is 2.31. The van der Waals surface area contributed by atoms with Crippen LogP contribution < -0.4 is 4.90 Å². The topological polar surface area (TPSA) is 20.3 Å². The van der Waals surface area contributed by atoms with Crippen molar-refractivity contribution in [2.24, 2.45) is 5.92 Å². The fourth-order valence-electron chi connectivity index (χ4n) is 2.55. The van der Waals surface area contributed by atoms with Crippen LogP contribution in [0.3, 0.4) is 0 Å². The van der Waals surface area contributed by atoms with Crippen molar-refractivity contribution in [1.82, 2.24) is 0 Å². The molecule has 0 aromatic heterocycles. The van der Waals surface area contributed by atoms with E-state index >= 15 is 0 Å². The lowest BCUT2D eigenvalue weighted by Crippen LogP contribution is -2.34. The number of hydrogen-bond acceptors (Lipinski definition) is 2. The Bertz CT molecular complexity index is 614. The van der Waals surface area contributed by atoms with Crippen LogP contribution in [0.4, 0.5) is 18.9 Å². The monoisotopic (exact) mass is 307 g/mol. The van der Waals surface area contributed by atoms with Gasteiger partial charge in [0.25, 0.3) is 0 Å². The minimum Gasteiger partial charge on any atom is -0.341 e. The molecule has 1 unspecified atom stereocenters. The Morgan fingerprint density at radius 1 is 1.14 bits per heavy atom. The number of aldehydes is 1. The molecule has 1 heterocycles. The zero-order valence-electron chi connectivity index (χ0n) is 11.9. The van der Waals surface area contributed by atoms with Crippen LogP contribution in [-0.4, -0.2) is 12.8 Å². The largest absolute Gasteiger partial charge is 0.416 e. The van der Waals surface area contributed by atoms with E-state index in [0.717, 1.165) is 29.7 Å². The quantitative estimate of drug-likeness (QED) is 0.770. The van der Waals surface area contributed by atoms with Crippen molar-refractivity contribution in [1.29, 1.82) is 0 Å². The summed E-state index contributed by atoms with van der Waals surface area (Å²) in [5.74, 6) is -0.223. The van der Waals surface area contributed by atoms with Gasteiger partial charge in [-0.2, -0.15) is 13.2 Å². The highest BCUT2D eigenvalue weighted by Crippen LogP contribution is 2.34. The molecule has 2 nitrogen and oxygen atoms in total. The minimum absolute atomic E-state index is 0.223. The van der Waals surface area contributed by atoms with E-state index in [1.165, 1.54) is 12.1 Å². The summed E-state index contributed by atoms with van der Waals surface area (Å²) in [4.78, 5) is 12.9. The Labute approximate surface area is 127 Å². The maximum absolute atomic E-state index is 12.6. The van der Waals surface area contributed by atoms with Gasteiger partial charge in [0.15, 0.2) is 0 Å². The lowest BCUT2D eigenvalue weighted by molar-refractivity contribution is -0.137. The third-order valence-corrected chi connectivity index (χ3v) is 3.66. The molecule has 0 aliphatic carbocycles. The summed E-state index contributed by atoms with van der Waals surface area (Å²) >= 11 is 0. The molecule has 1 aliphatic rings. The molecule has 1 atom stereocenters. The van der Waals surface area contributed by atoms with Gasteiger partial charge < -0.3 is 9.69 Å². The number of nitrogens with zero attached hydrogens (tertiary/aromatic N) is 1. The van der Waals surface area contributed by atoms with Gasteiger partial charge in [-0.15, -0.1) is 0 Å². The smallest absolute Gasteiger partial charge is 0.341 e. The number of rotatable bonds is 4. The highest BCUT2D eigenvalue weighted by molar-refractivity contribution is 5.64. The first-order chi connectivity index (χ1) is 10.4. The molecule has 116 valence electrons. The average Bonchev–Trinajstić information content (AvgIpc) is 2.52. The fraction of sp³-hybridized carbons (Fsp3) is 0.235. The number of halogens is 3. The van der Waals surface area contributed by atoms with Crippen LogP contribution in [0.25, 0.3) is 0 Å². The van der Waals surface area contributed by atoms with Crippen molar-refractivity contribution >= 4 is 12.0 Å². The maximum Gasteiger partial charge on any atom is 0.416 e. The van der Waals surface area contributed by atoms with Gasteiger partial charge >= 0.3 is 6.18 Å². The van der Waals surface area contributed by atoms with Gasteiger partial charge in [-0.25, -0.2) is 0 Å². The van der Waals surface area contributed by atoms with Crippen LogP contribution in [0, 0.1) is 5.92 Å². The van der Waals surface area contributed by atoms with Gasteiger partial charge in [-0.3, -0.25) is 0 Å². The standard InChI is InChI=1S/C17H16F3NO/c1-3-13-9-12(11-22)10-21(16(13)4-2)15-7-5-14(6-8-15)17(18,19)20/h3-8,11-12H,1-2,9-10H2. The Morgan fingerprint density at radius 3 is 2.23 bits per heavy atom. The average molecular weight is 307 g/mol. The molecule has 5 heteroatoms. The lowest BCUT2D eigenvalue weighted by Gasteiger charge is -2.34. The molecule has 0 bridgehead atoms. The van der Waals surface area contributed by atoms with Gasteiger partial charge in [0.05, 0.1) is 5.56 Å². The molecule has 0 N–H and O–H groups in total. The second kappa shape index (κ2) is 6.22. The number of benzene rings is 1. The number of hydrogen-bond donors (Lipinski definition) is 0. The maximum atomic E-state index is 12.6. The van der Waals surface area contributed by atoms with Gasteiger partial charge in [0, 0.05) is 23.8 Å². The zero-order valence-corrected chi connectivity index (χ0v) is 11.9. The van der Waals surface area contributed by atoms with E-state index in [4.69, 9.17) is 0 Å². The molecule has 2 rings (SSSR count). The lowest BCUT2D eigenvalue weighted by atomic mass is 9.92. The second-order valence-corrected chi connectivity index (χ2v) is 5.07. The summed E-state index contributed by atoms with van der Waals surface area (Å²) in [6.45, 7) is 7.89. The number of carbonyl (C=O) groups is 1. The molecule has 0 fully saturated rings.